The summed E-state index contributed by atoms with van der Waals surface area (Å²) < 4.78 is 0. The second-order valence-electron chi connectivity index (χ2n) is 4.06. The van der Waals surface area contributed by atoms with Crippen molar-refractivity contribution in [2.24, 2.45) is 11.7 Å². The second kappa shape index (κ2) is 4.77. The van der Waals surface area contributed by atoms with E-state index in [1.807, 2.05) is 31.4 Å². The van der Waals surface area contributed by atoms with Crippen LogP contribution in [-0.2, 0) is 10.2 Å². The molecule has 0 saturated heterocycles. The van der Waals surface area contributed by atoms with Gasteiger partial charge in [-0.3, -0.25) is 4.79 Å². The summed E-state index contributed by atoms with van der Waals surface area (Å²) >= 11 is 1.58. The number of nitrogens with two attached hydrogens (primary N) is 1. The summed E-state index contributed by atoms with van der Waals surface area (Å²) in [5.74, 6) is -0.570. The summed E-state index contributed by atoms with van der Waals surface area (Å²) in [5, 5.41) is 10.9. The number of thiophene rings is 1. The van der Waals surface area contributed by atoms with Crippen LogP contribution in [0.15, 0.2) is 17.5 Å². The van der Waals surface area contributed by atoms with Gasteiger partial charge in [0.25, 0.3) is 0 Å². The van der Waals surface area contributed by atoms with Crippen molar-refractivity contribution in [1.29, 1.82) is 0 Å². The first-order valence-corrected chi connectivity index (χ1v) is 5.86. The Kier molecular flexibility index (Phi) is 3.88. The average Bonchev–Trinajstić information content (AvgIpc) is 2.66. The standard InChI is InChI=1S/C11H17NO2S/c1-8(2)11(7-12,6-10(13)14)9-4-3-5-15-9/h3-5,8H,6-7,12H2,1-2H3,(H,13,14). The van der Waals surface area contributed by atoms with E-state index < -0.39 is 11.4 Å². The van der Waals surface area contributed by atoms with E-state index in [4.69, 9.17) is 10.8 Å². The van der Waals surface area contributed by atoms with Gasteiger partial charge in [0.2, 0.25) is 0 Å². The van der Waals surface area contributed by atoms with Crippen LogP contribution in [0.25, 0.3) is 0 Å². The molecule has 1 heterocycles. The van der Waals surface area contributed by atoms with Crippen molar-refractivity contribution in [1.82, 2.24) is 0 Å². The summed E-state index contributed by atoms with van der Waals surface area (Å²) in [7, 11) is 0. The number of carbonyl (C=O) groups is 1. The molecule has 1 rings (SSSR count). The minimum absolute atomic E-state index is 0.0989. The monoisotopic (exact) mass is 227 g/mol. The molecule has 3 N–H and O–H groups in total. The lowest BCUT2D eigenvalue weighted by Crippen LogP contribution is -2.41. The molecule has 0 spiro atoms. The molecule has 0 radical (unpaired) electrons. The van der Waals surface area contributed by atoms with E-state index in [0.717, 1.165) is 4.88 Å². The molecule has 0 aliphatic rings. The first-order chi connectivity index (χ1) is 7.03. The molecule has 3 nitrogen and oxygen atoms in total. The van der Waals surface area contributed by atoms with E-state index in [0.29, 0.717) is 6.54 Å². The molecule has 15 heavy (non-hydrogen) atoms. The predicted octanol–water partition coefficient (Wildman–Crippen LogP) is 2.08. The zero-order valence-electron chi connectivity index (χ0n) is 9.06. The fraction of sp³-hybridized carbons (Fsp3) is 0.545. The van der Waals surface area contributed by atoms with Crippen molar-refractivity contribution >= 4 is 17.3 Å². The van der Waals surface area contributed by atoms with Crippen LogP contribution in [0, 0.1) is 5.92 Å². The summed E-state index contributed by atoms with van der Waals surface area (Å²) in [5.41, 5.74) is 5.37. The summed E-state index contributed by atoms with van der Waals surface area (Å²) in [6.07, 6.45) is 0.0989. The summed E-state index contributed by atoms with van der Waals surface area (Å²) in [6, 6.07) is 3.91. The first kappa shape index (κ1) is 12.2. The van der Waals surface area contributed by atoms with Crippen molar-refractivity contribution in [3.05, 3.63) is 22.4 Å². The molecule has 4 heteroatoms. The number of hydrogen-bond donors (Lipinski definition) is 2. The lowest BCUT2D eigenvalue weighted by atomic mass is 9.73. The number of aliphatic carboxylic acids is 1. The minimum Gasteiger partial charge on any atom is -0.481 e. The molecule has 0 aliphatic heterocycles. The van der Waals surface area contributed by atoms with Crippen LogP contribution < -0.4 is 5.73 Å². The molecule has 0 fully saturated rings. The maximum absolute atomic E-state index is 10.9. The topological polar surface area (TPSA) is 63.3 Å². The molecule has 0 aliphatic carbocycles. The Hall–Kier alpha value is -0.870. The van der Waals surface area contributed by atoms with E-state index >= 15 is 0 Å². The SMILES string of the molecule is CC(C)C(CN)(CC(=O)O)c1cccs1. The van der Waals surface area contributed by atoms with Crippen molar-refractivity contribution < 1.29 is 9.90 Å². The third-order valence-corrected chi connectivity index (χ3v) is 4.04. The highest BCUT2D eigenvalue weighted by atomic mass is 32.1. The minimum atomic E-state index is -0.789. The predicted molar refractivity (Wildman–Crippen MR) is 62.1 cm³/mol. The van der Waals surface area contributed by atoms with Crippen LogP contribution in [0.1, 0.15) is 25.1 Å². The largest absolute Gasteiger partial charge is 0.481 e. The zero-order chi connectivity index (χ0) is 11.5. The fourth-order valence-electron chi connectivity index (χ4n) is 1.82. The average molecular weight is 227 g/mol. The van der Waals surface area contributed by atoms with Crippen LogP contribution in [0.4, 0.5) is 0 Å². The van der Waals surface area contributed by atoms with Gasteiger partial charge in [-0.05, 0) is 17.4 Å². The van der Waals surface area contributed by atoms with Crippen molar-refractivity contribution in [3.8, 4) is 0 Å². The van der Waals surface area contributed by atoms with Gasteiger partial charge in [0.05, 0.1) is 6.42 Å². The number of rotatable bonds is 5. The molecule has 0 aromatic carbocycles. The van der Waals surface area contributed by atoms with Gasteiger partial charge in [-0.15, -0.1) is 11.3 Å². The molecule has 84 valence electrons. The summed E-state index contributed by atoms with van der Waals surface area (Å²) in [4.78, 5) is 12.0. The Labute approximate surface area is 93.9 Å². The second-order valence-corrected chi connectivity index (χ2v) is 5.01. The van der Waals surface area contributed by atoms with Gasteiger partial charge >= 0.3 is 5.97 Å². The van der Waals surface area contributed by atoms with Crippen molar-refractivity contribution in [2.75, 3.05) is 6.54 Å². The molecule has 0 saturated carbocycles. The van der Waals surface area contributed by atoms with Gasteiger partial charge in [-0.2, -0.15) is 0 Å². The van der Waals surface area contributed by atoms with Crippen LogP contribution in [-0.4, -0.2) is 17.6 Å². The quantitative estimate of drug-likeness (QED) is 0.809. The Balaban J connectivity index is 3.09. The molecule has 1 aromatic rings. The molecule has 1 unspecified atom stereocenters. The van der Waals surface area contributed by atoms with E-state index in [9.17, 15) is 4.79 Å². The van der Waals surface area contributed by atoms with E-state index in [1.165, 1.54) is 0 Å². The van der Waals surface area contributed by atoms with E-state index in [1.54, 1.807) is 11.3 Å². The lowest BCUT2D eigenvalue weighted by Gasteiger charge is -2.34. The normalized spacial score (nSPS) is 15.2. The third-order valence-electron chi connectivity index (χ3n) is 2.95. The van der Waals surface area contributed by atoms with E-state index in [-0.39, 0.29) is 12.3 Å². The van der Waals surface area contributed by atoms with Gasteiger partial charge in [0.1, 0.15) is 0 Å². The highest BCUT2D eigenvalue weighted by molar-refractivity contribution is 7.10. The Bertz CT molecular complexity index is 321. The zero-order valence-corrected chi connectivity index (χ0v) is 9.88. The highest BCUT2D eigenvalue weighted by Crippen LogP contribution is 2.37. The molecule has 1 atom stereocenters. The maximum atomic E-state index is 10.9. The Morgan fingerprint density at radius 3 is 2.67 bits per heavy atom. The van der Waals surface area contributed by atoms with Crippen LogP contribution in [0.5, 0.6) is 0 Å². The number of carboxylic acid groups (broad SMARTS) is 1. The Morgan fingerprint density at radius 1 is 1.67 bits per heavy atom. The van der Waals surface area contributed by atoms with Crippen molar-refractivity contribution in [3.63, 3.8) is 0 Å². The van der Waals surface area contributed by atoms with Gasteiger partial charge in [-0.25, -0.2) is 0 Å². The Morgan fingerprint density at radius 2 is 2.33 bits per heavy atom. The third kappa shape index (κ3) is 2.38. The molecule has 1 aromatic heterocycles. The molecular formula is C11H17NO2S. The molecule has 0 amide bonds. The van der Waals surface area contributed by atoms with Gasteiger partial charge in [0, 0.05) is 16.8 Å². The number of hydrogen-bond acceptors (Lipinski definition) is 3. The van der Waals surface area contributed by atoms with Gasteiger partial charge in [0.15, 0.2) is 0 Å². The fourth-order valence-corrected chi connectivity index (χ4v) is 2.90. The van der Waals surface area contributed by atoms with Crippen LogP contribution in [0.2, 0.25) is 0 Å². The first-order valence-electron chi connectivity index (χ1n) is 4.99. The van der Waals surface area contributed by atoms with Crippen molar-refractivity contribution in [2.45, 2.75) is 25.7 Å². The smallest absolute Gasteiger partial charge is 0.304 e. The van der Waals surface area contributed by atoms with Crippen LogP contribution >= 0.6 is 11.3 Å². The molecular weight excluding hydrogens is 210 g/mol. The lowest BCUT2D eigenvalue weighted by molar-refractivity contribution is -0.138. The summed E-state index contributed by atoms with van der Waals surface area (Å²) in [6.45, 7) is 4.42. The van der Waals surface area contributed by atoms with Gasteiger partial charge < -0.3 is 10.8 Å². The van der Waals surface area contributed by atoms with E-state index in [2.05, 4.69) is 0 Å². The van der Waals surface area contributed by atoms with Gasteiger partial charge in [-0.1, -0.05) is 19.9 Å². The number of carboxylic acids is 1. The molecule has 0 bridgehead atoms. The maximum Gasteiger partial charge on any atom is 0.304 e. The van der Waals surface area contributed by atoms with Crippen LogP contribution in [0.3, 0.4) is 0 Å². The highest BCUT2D eigenvalue weighted by Gasteiger charge is 2.37.